The van der Waals surface area contributed by atoms with Crippen LogP contribution in [0.25, 0.3) is 0 Å². The van der Waals surface area contributed by atoms with Crippen LogP contribution in [-0.4, -0.2) is 38.2 Å². The summed E-state index contributed by atoms with van der Waals surface area (Å²) in [6.45, 7) is 11.6. The van der Waals surface area contributed by atoms with E-state index in [-0.39, 0.29) is 5.41 Å². The SMILES string of the molecule is COc1ccc(N2CCN(Cc3ccc(C(C)(C)C)o3)CC2)cc1. The largest absolute Gasteiger partial charge is 0.497 e. The maximum absolute atomic E-state index is 6.02. The predicted octanol–water partition coefficient (Wildman–Crippen LogP) is 3.91. The zero-order valence-corrected chi connectivity index (χ0v) is 15.2. The zero-order valence-electron chi connectivity index (χ0n) is 15.2. The molecule has 0 spiro atoms. The first-order valence-corrected chi connectivity index (χ1v) is 8.66. The molecule has 2 aromatic rings. The van der Waals surface area contributed by atoms with Crippen molar-refractivity contribution in [3.8, 4) is 5.75 Å². The summed E-state index contributed by atoms with van der Waals surface area (Å²) in [6.07, 6.45) is 0. The van der Waals surface area contributed by atoms with Gasteiger partial charge in [-0.3, -0.25) is 4.90 Å². The lowest BCUT2D eigenvalue weighted by molar-refractivity contribution is 0.225. The molecule has 1 aromatic carbocycles. The van der Waals surface area contributed by atoms with Crippen LogP contribution in [0.1, 0.15) is 32.3 Å². The monoisotopic (exact) mass is 328 g/mol. The van der Waals surface area contributed by atoms with E-state index in [1.807, 2.05) is 12.1 Å². The fourth-order valence-corrected chi connectivity index (χ4v) is 3.04. The van der Waals surface area contributed by atoms with Crippen molar-refractivity contribution < 1.29 is 9.15 Å². The average Bonchev–Trinajstić information content (AvgIpc) is 3.05. The van der Waals surface area contributed by atoms with Gasteiger partial charge in [0.1, 0.15) is 17.3 Å². The van der Waals surface area contributed by atoms with E-state index in [1.165, 1.54) is 5.69 Å². The molecular formula is C20H28N2O2. The first-order valence-electron chi connectivity index (χ1n) is 8.66. The van der Waals surface area contributed by atoms with Crippen molar-refractivity contribution in [2.24, 2.45) is 0 Å². The van der Waals surface area contributed by atoms with E-state index < -0.39 is 0 Å². The molecule has 1 aromatic heterocycles. The number of nitrogens with zero attached hydrogens (tertiary/aromatic N) is 2. The molecule has 1 fully saturated rings. The van der Waals surface area contributed by atoms with Crippen LogP contribution in [0.5, 0.6) is 5.75 Å². The van der Waals surface area contributed by atoms with Crippen LogP contribution in [0, 0.1) is 0 Å². The number of hydrogen-bond donors (Lipinski definition) is 0. The summed E-state index contributed by atoms with van der Waals surface area (Å²) in [5, 5.41) is 0. The van der Waals surface area contributed by atoms with Crippen molar-refractivity contribution in [3.05, 3.63) is 47.9 Å². The van der Waals surface area contributed by atoms with Crippen molar-refractivity contribution in [3.63, 3.8) is 0 Å². The van der Waals surface area contributed by atoms with Gasteiger partial charge in [0.05, 0.1) is 13.7 Å². The molecule has 0 saturated carbocycles. The van der Waals surface area contributed by atoms with Crippen molar-refractivity contribution in [1.29, 1.82) is 0 Å². The van der Waals surface area contributed by atoms with Gasteiger partial charge in [0.15, 0.2) is 0 Å². The molecule has 1 aliphatic heterocycles. The zero-order chi connectivity index (χ0) is 17.2. The van der Waals surface area contributed by atoms with Gasteiger partial charge in [-0.1, -0.05) is 20.8 Å². The molecule has 1 aliphatic rings. The summed E-state index contributed by atoms with van der Waals surface area (Å²) < 4.78 is 11.2. The Labute approximate surface area is 145 Å². The van der Waals surface area contributed by atoms with Gasteiger partial charge in [-0.15, -0.1) is 0 Å². The van der Waals surface area contributed by atoms with E-state index in [4.69, 9.17) is 9.15 Å². The van der Waals surface area contributed by atoms with Crippen LogP contribution >= 0.6 is 0 Å². The third-order valence-electron chi connectivity index (χ3n) is 4.59. The van der Waals surface area contributed by atoms with Crippen LogP contribution in [0.15, 0.2) is 40.8 Å². The topological polar surface area (TPSA) is 28.9 Å². The van der Waals surface area contributed by atoms with Crippen molar-refractivity contribution in [1.82, 2.24) is 4.90 Å². The van der Waals surface area contributed by atoms with Gasteiger partial charge in [-0.05, 0) is 36.4 Å². The van der Waals surface area contributed by atoms with E-state index in [0.29, 0.717) is 0 Å². The quantitative estimate of drug-likeness (QED) is 0.851. The standard InChI is InChI=1S/C20H28N2O2/c1-20(2,3)19-10-9-18(24-19)15-21-11-13-22(14-12-21)16-5-7-17(23-4)8-6-16/h5-10H,11-15H2,1-4H3. The Morgan fingerprint density at radius 1 is 0.958 bits per heavy atom. The summed E-state index contributed by atoms with van der Waals surface area (Å²) in [5.74, 6) is 3.04. The Balaban J connectivity index is 1.54. The van der Waals surface area contributed by atoms with Gasteiger partial charge >= 0.3 is 0 Å². The molecule has 1 saturated heterocycles. The predicted molar refractivity (Wildman–Crippen MR) is 97.9 cm³/mol. The van der Waals surface area contributed by atoms with Gasteiger partial charge in [0.2, 0.25) is 0 Å². The second-order valence-electron chi connectivity index (χ2n) is 7.48. The van der Waals surface area contributed by atoms with Crippen molar-refractivity contribution >= 4 is 5.69 Å². The molecule has 24 heavy (non-hydrogen) atoms. The summed E-state index contributed by atoms with van der Waals surface area (Å²) in [7, 11) is 1.70. The highest BCUT2D eigenvalue weighted by atomic mass is 16.5. The Hall–Kier alpha value is -1.94. The fraction of sp³-hybridized carbons (Fsp3) is 0.500. The highest BCUT2D eigenvalue weighted by molar-refractivity contribution is 5.49. The minimum atomic E-state index is 0.0747. The smallest absolute Gasteiger partial charge is 0.119 e. The molecule has 2 heterocycles. The number of piperazine rings is 1. The van der Waals surface area contributed by atoms with E-state index in [1.54, 1.807) is 7.11 Å². The Bertz CT molecular complexity index is 647. The molecule has 0 unspecified atom stereocenters. The maximum atomic E-state index is 6.02. The van der Waals surface area contributed by atoms with Crippen molar-refractivity contribution in [2.45, 2.75) is 32.7 Å². The molecule has 0 bridgehead atoms. The normalized spacial score (nSPS) is 16.4. The number of methoxy groups -OCH3 is 1. The molecule has 0 N–H and O–H groups in total. The first-order chi connectivity index (χ1) is 11.5. The summed E-state index contributed by atoms with van der Waals surface area (Å²) in [5.41, 5.74) is 1.34. The van der Waals surface area contributed by atoms with E-state index in [9.17, 15) is 0 Å². The molecule has 0 atom stereocenters. The molecule has 3 rings (SSSR count). The van der Waals surface area contributed by atoms with Crippen LogP contribution < -0.4 is 9.64 Å². The average molecular weight is 328 g/mol. The van der Waals surface area contributed by atoms with Gasteiger partial charge in [0, 0.05) is 37.3 Å². The summed E-state index contributed by atoms with van der Waals surface area (Å²) in [6, 6.07) is 12.6. The fourth-order valence-electron chi connectivity index (χ4n) is 3.04. The summed E-state index contributed by atoms with van der Waals surface area (Å²) in [4.78, 5) is 4.89. The number of furan rings is 1. The molecule has 0 aliphatic carbocycles. The molecule has 0 radical (unpaired) electrons. The number of benzene rings is 1. The third kappa shape index (κ3) is 3.93. The maximum Gasteiger partial charge on any atom is 0.119 e. The van der Waals surface area contributed by atoms with Gasteiger partial charge in [-0.2, -0.15) is 0 Å². The number of rotatable bonds is 4. The van der Waals surface area contributed by atoms with E-state index >= 15 is 0 Å². The lowest BCUT2D eigenvalue weighted by Crippen LogP contribution is -2.45. The lowest BCUT2D eigenvalue weighted by Gasteiger charge is -2.35. The number of hydrogen-bond acceptors (Lipinski definition) is 4. The van der Waals surface area contributed by atoms with Crippen LogP contribution in [0.3, 0.4) is 0 Å². The Kier molecular flexibility index (Phi) is 4.86. The second kappa shape index (κ2) is 6.89. The number of anilines is 1. The molecular weight excluding hydrogens is 300 g/mol. The molecule has 4 heteroatoms. The third-order valence-corrected chi connectivity index (χ3v) is 4.59. The van der Waals surface area contributed by atoms with Crippen LogP contribution in [0.2, 0.25) is 0 Å². The highest BCUT2D eigenvalue weighted by Crippen LogP contribution is 2.25. The Morgan fingerprint density at radius 3 is 2.17 bits per heavy atom. The molecule has 4 nitrogen and oxygen atoms in total. The van der Waals surface area contributed by atoms with Crippen LogP contribution in [-0.2, 0) is 12.0 Å². The van der Waals surface area contributed by atoms with Gasteiger partial charge in [0.25, 0.3) is 0 Å². The minimum absolute atomic E-state index is 0.0747. The van der Waals surface area contributed by atoms with E-state index in [2.05, 4.69) is 54.8 Å². The van der Waals surface area contributed by atoms with Gasteiger partial charge < -0.3 is 14.1 Å². The first kappa shape index (κ1) is 16.9. The second-order valence-corrected chi connectivity index (χ2v) is 7.48. The number of ether oxygens (including phenoxy) is 1. The van der Waals surface area contributed by atoms with E-state index in [0.717, 1.165) is 50.0 Å². The molecule has 130 valence electrons. The summed E-state index contributed by atoms with van der Waals surface area (Å²) >= 11 is 0. The highest BCUT2D eigenvalue weighted by Gasteiger charge is 2.21. The minimum Gasteiger partial charge on any atom is -0.497 e. The van der Waals surface area contributed by atoms with Gasteiger partial charge in [-0.25, -0.2) is 0 Å². The molecule has 0 amide bonds. The van der Waals surface area contributed by atoms with Crippen LogP contribution in [0.4, 0.5) is 5.69 Å². The van der Waals surface area contributed by atoms with Crippen molar-refractivity contribution in [2.75, 3.05) is 38.2 Å². The lowest BCUT2D eigenvalue weighted by atomic mass is 9.94. The Morgan fingerprint density at radius 2 is 1.62 bits per heavy atom.